The second-order valence-electron chi connectivity index (χ2n) is 6.42. The second-order valence-corrected chi connectivity index (χ2v) is 6.42. The number of hydrogen-bond donors (Lipinski definition) is 0. The fraction of sp³-hybridized carbons (Fsp3) is 0.250. The van der Waals surface area contributed by atoms with E-state index in [4.69, 9.17) is 4.74 Å². The maximum absolute atomic E-state index is 11.8. The van der Waals surface area contributed by atoms with Crippen LogP contribution in [0.2, 0.25) is 0 Å². The van der Waals surface area contributed by atoms with Crippen LogP contribution in [0.3, 0.4) is 0 Å². The number of aromatic nitrogens is 3. The number of methoxy groups -OCH3 is 1. The van der Waals surface area contributed by atoms with E-state index >= 15 is 0 Å². The number of benzene rings is 2. The molecule has 0 aliphatic carbocycles. The van der Waals surface area contributed by atoms with Crippen LogP contribution in [0.15, 0.2) is 48.7 Å². The summed E-state index contributed by atoms with van der Waals surface area (Å²) in [6.07, 6.45) is 3.28. The zero-order chi connectivity index (χ0) is 18.1. The average Bonchev–Trinajstić information content (AvgIpc) is 3.13. The standard InChI is InChI=1S/C20H20N4O2/c1-23-18-9-7-14(11-15(18)8-10-20(23)25)12-24-13-17(21-22-24)16-5-3-4-6-19(16)26-2/h3-7,9,11,13H,8,10,12H2,1-2H3. The van der Waals surface area contributed by atoms with E-state index in [0.717, 1.165) is 34.7 Å². The van der Waals surface area contributed by atoms with Gasteiger partial charge in [0.1, 0.15) is 11.4 Å². The molecule has 0 saturated heterocycles. The molecule has 2 aromatic carbocycles. The van der Waals surface area contributed by atoms with Crippen LogP contribution in [-0.2, 0) is 17.8 Å². The lowest BCUT2D eigenvalue weighted by Crippen LogP contribution is -2.31. The Morgan fingerprint density at radius 2 is 2.00 bits per heavy atom. The summed E-state index contributed by atoms with van der Waals surface area (Å²) in [5.41, 5.74) is 5.05. The zero-order valence-corrected chi connectivity index (χ0v) is 14.8. The van der Waals surface area contributed by atoms with Crippen molar-refractivity contribution in [1.82, 2.24) is 15.0 Å². The maximum atomic E-state index is 11.8. The summed E-state index contributed by atoms with van der Waals surface area (Å²) in [7, 11) is 3.48. The molecule has 132 valence electrons. The van der Waals surface area contributed by atoms with E-state index in [2.05, 4.69) is 16.4 Å². The molecule has 1 amide bonds. The number of fused-ring (bicyclic) bond motifs is 1. The second kappa shape index (κ2) is 6.63. The summed E-state index contributed by atoms with van der Waals surface area (Å²) in [5, 5.41) is 8.53. The van der Waals surface area contributed by atoms with Crippen molar-refractivity contribution in [2.24, 2.45) is 0 Å². The molecular formula is C20H20N4O2. The number of para-hydroxylation sites is 1. The van der Waals surface area contributed by atoms with Crippen LogP contribution in [-0.4, -0.2) is 35.1 Å². The minimum Gasteiger partial charge on any atom is -0.496 e. The lowest BCUT2D eigenvalue weighted by Gasteiger charge is -2.26. The summed E-state index contributed by atoms with van der Waals surface area (Å²) < 4.78 is 7.22. The van der Waals surface area contributed by atoms with Crippen LogP contribution in [0.25, 0.3) is 11.3 Å². The SMILES string of the molecule is COc1ccccc1-c1cn(Cc2ccc3c(c2)CCC(=O)N3C)nn1. The molecule has 2 heterocycles. The van der Waals surface area contributed by atoms with Gasteiger partial charge in [0.2, 0.25) is 5.91 Å². The largest absolute Gasteiger partial charge is 0.496 e. The molecule has 0 radical (unpaired) electrons. The van der Waals surface area contributed by atoms with E-state index in [9.17, 15) is 4.79 Å². The smallest absolute Gasteiger partial charge is 0.227 e. The predicted molar refractivity (Wildman–Crippen MR) is 99.3 cm³/mol. The molecule has 6 heteroatoms. The first-order valence-electron chi connectivity index (χ1n) is 8.57. The van der Waals surface area contributed by atoms with E-state index in [1.165, 1.54) is 5.56 Å². The van der Waals surface area contributed by atoms with Gasteiger partial charge in [0.25, 0.3) is 0 Å². The third-order valence-corrected chi connectivity index (χ3v) is 4.75. The Morgan fingerprint density at radius 1 is 1.15 bits per heavy atom. The van der Waals surface area contributed by atoms with Gasteiger partial charge < -0.3 is 9.64 Å². The van der Waals surface area contributed by atoms with Crippen molar-refractivity contribution in [3.63, 3.8) is 0 Å². The molecule has 0 N–H and O–H groups in total. The first kappa shape index (κ1) is 16.3. The normalized spacial score (nSPS) is 13.6. The summed E-state index contributed by atoms with van der Waals surface area (Å²) in [6, 6.07) is 14.0. The summed E-state index contributed by atoms with van der Waals surface area (Å²) in [6.45, 7) is 0.632. The van der Waals surface area contributed by atoms with Gasteiger partial charge in [0.15, 0.2) is 0 Å². The van der Waals surface area contributed by atoms with Gasteiger partial charge in [-0.3, -0.25) is 4.79 Å². The highest BCUT2D eigenvalue weighted by atomic mass is 16.5. The van der Waals surface area contributed by atoms with Crippen molar-refractivity contribution in [2.45, 2.75) is 19.4 Å². The number of nitrogens with zero attached hydrogens (tertiary/aromatic N) is 4. The van der Waals surface area contributed by atoms with E-state index in [-0.39, 0.29) is 5.91 Å². The molecular weight excluding hydrogens is 328 g/mol. The van der Waals surface area contributed by atoms with Gasteiger partial charge in [-0.05, 0) is 35.7 Å². The molecule has 0 atom stereocenters. The topological polar surface area (TPSA) is 60.2 Å². The van der Waals surface area contributed by atoms with Crippen molar-refractivity contribution in [2.75, 3.05) is 19.1 Å². The molecule has 4 rings (SSSR count). The third kappa shape index (κ3) is 2.94. The highest BCUT2D eigenvalue weighted by Crippen LogP contribution is 2.29. The zero-order valence-electron chi connectivity index (χ0n) is 14.8. The molecule has 0 unspecified atom stereocenters. The quantitative estimate of drug-likeness (QED) is 0.727. The van der Waals surface area contributed by atoms with Crippen LogP contribution in [0, 0.1) is 0 Å². The Balaban J connectivity index is 1.58. The van der Waals surface area contributed by atoms with E-state index < -0.39 is 0 Å². The predicted octanol–water partition coefficient (Wildman–Crippen LogP) is 2.91. The van der Waals surface area contributed by atoms with Crippen LogP contribution in [0.1, 0.15) is 17.5 Å². The summed E-state index contributed by atoms with van der Waals surface area (Å²) >= 11 is 0. The molecule has 26 heavy (non-hydrogen) atoms. The molecule has 0 bridgehead atoms. The monoisotopic (exact) mass is 348 g/mol. The van der Waals surface area contributed by atoms with E-state index in [1.807, 2.05) is 54.3 Å². The summed E-state index contributed by atoms with van der Waals surface area (Å²) in [4.78, 5) is 13.5. The van der Waals surface area contributed by atoms with Crippen molar-refractivity contribution in [3.8, 4) is 17.0 Å². The number of rotatable bonds is 4. The first-order chi connectivity index (χ1) is 12.7. The van der Waals surface area contributed by atoms with Crippen molar-refractivity contribution < 1.29 is 9.53 Å². The Bertz CT molecular complexity index is 964. The maximum Gasteiger partial charge on any atom is 0.227 e. The number of amides is 1. The van der Waals surface area contributed by atoms with Crippen molar-refractivity contribution >= 4 is 11.6 Å². The van der Waals surface area contributed by atoms with Crippen LogP contribution in [0.5, 0.6) is 5.75 Å². The molecule has 0 spiro atoms. The van der Waals surface area contributed by atoms with Gasteiger partial charge >= 0.3 is 0 Å². The third-order valence-electron chi connectivity index (χ3n) is 4.75. The van der Waals surface area contributed by atoms with Gasteiger partial charge in [0, 0.05) is 24.7 Å². The Kier molecular flexibility index (Phi) is 4.16. The number of carbonyl (C=O) groups is 1. The van der Waals surface area contributed by atoms with Crippen LogP contribution >= 0.6 is 0 Å². The number of aryl methyl sites for hydroxylation is 1. The van der Waals surface area contributed by atoms with Crippen LogP contribution in [0.4, 0.5) is 5.69 Å². The minimum atomic E-state index is 0.169. The first-order valence-corrected chi connectivity index (χ1v) is 8.57. The van der Waals surface area contributed by atoms with Crippen molar-refractivity contribution in [1.29, 1.82) is 0 Å². The van der Waals surface area contributed by atoms with E-state index in [0.29, 0.717) is 13.0 Å². The number of hydrogen-bond acceptors (Lipinski definition) is 4. The summed E-state index contributed by atoms with van der Waals surface area (Å²) in [5.74, 6) is 0.948. The average molecular weight is 348 g/mol. The number of carbonyl (C=O) groups excluding carboxylic acids is 1. The Labute approximate surface area is 152 Å². The van der Waals surface area contributed by atoms with Gasteiger partial charge in [-0.25, -0.2) is 4.68 Å². The molecule has 6 nitrogen and oxygen atoms in total. The van der Waals surface area contributed by atoms with E-state index in [1.54, 1.807) is 12.0 Å². The molecule has 1 aliphatic heterocycles. The van der Waals surface area contributed by atoms with Crippen molar-refractivity contribution in [3.05, 3.63) is 59.8 Å². The molecule has 1 aliphatic rings. The lowest BCUT2D eigenvalue weighted by atomic mass is 9.99. The molecule has 1 aromatic heterocycles. The molecule has 0 fully saturated rings. The van der Waals surface area contributed by atoms with Gasteiger partial charge in [-0.15, -0.1) is 5.10 Å². The van der Waals surface area contributed by atoms with Gasteiger partial charge in [0.05, 0.1) is 19.9 Å². The highest BCUT2D eigenvalue weighted by molar-refractivity contribution is 5.95. The lowest BCUT2D eigenvalue weighted by molar-refractivity contribution is -0.118. The fourth-order valence-corrected chi connectivity index (χ4v) is 3.35. The number of ether oxygens (including phenoxy) is 1. The highest BCUT2D eigenvalue weighted by Gasteiger charge is 2.20. The minimum absolute atomic E-state index is 0.169. The van der Waals surface area contributed by atoms with Gasteiger partial charge in [-0.1, -0.05) is 29.5 Å². The fourth-order valence-electron chi connectivity index (χ4n) is 3.35. The Hall–Kier alpha value is -3.15. The number of anilines is 1. The van der Waals surface area contributed by atoms with Crippen LogP contribution < -0.4 is 9.64 Å². The molecule has 3 aromatic rings. The Morgan fingerprint density at radius 3 is 2.85 bits per heavy atom. The van der Waals surface area contributed by atoms with Gasteiger partial charge in [-0.2, -0.15) is 0 Å². The molecule has 0 saturated carbocycles.